The van der Waals surface area contributed by atoms with E-state index in [1.165, 1.54) is 0 Å². The first-order chi connectivity index (χ1) is 10.3. The molecule has 2 rings (SSSR count). The van der Waals surface area contributed by atoms with Crippen LogP contribution in [0.4, 0.5) is 0 Å². The van der Waals surface area contributed by atoms with Gasteiger partial charge in [-0.25, -0.2) is 9.55 Å². The van der Waals surface area contributed by atoms with E-state index in [1.807, 2.05) is 29.0 Å². The number of aromatic nitrogens is 3. The highest BCUT2D eigenvalue weighted by atomic mass is 79.9. The monoisotopic (exact) mass is 366 g/mol. The number of pyridine rings is 1. The summed E-state index contributed by atoms with van der Waals surface area (Å²) in [5, 5.41) is 2.96. The van der Waals surface area contributed by atoms with Gasteiger partial charge in [0.25, 0.3) is 0 Å². The molecular weight excluding hydrogens is 344 g/mol. The lowest BCUT2D eigenvalue weighted by Crippen LogP contribution is -3.00. The molecule has 2 heterocycles. The van der Waals surface area contributed by atoms with Crippen molar-refractivity contribution in [2.45, 2.75) is 38.8 Å². The van der Waals surface area contributed by atoms with Crippen molar-refractivity contribution in [3.8, 4) is 0 Å². The Labute approximate surface area is 142 Å². The first-order valence-corrected chi connectivity index (χ1v) is 7.51. The molecule has 2 aromatic rings. The second-order valence-electron chi connectivity index (χ2n) is 5.07. The number of carbonyl (C=O) groups is 1. The zero-order chi connectivity index (χ0) is 14.8. The van der Waals surface area contributed by atoms with Crippen molar-refractivity contribution < 1.29 is 26.3 Å². The molecule has 0 aliphatic heterocycles. The molecule has 2 aromatic heterocycles. The Morgan fingerprint density at radius 1 is 1.14 bits per heavy atom. The van der Waals surface area contributed by atoms with E-state index in [4.69, 9.17) is 0 Å². The summed E-state index contributed by atoms with van der Waals surface area (Å²) < 4.78 is 4.16. The molecular formula is C16H23BrN4O. The number of unbranched alkanes of at least 4 members (excludes halogenated alkanes) is 1. The van der Waals surface area contributed by atoms with Crippen molar-refractivity contribution in [2.24, 2.45) is 0 Å². The van der Waals surface area contributed by atoms with E-state index < -0.39 is 0 Å². The summed E-state index contributed by atoms with van der Waals surface area (Å²) in [4.78, 5) is 15.7. The molecule has 22 heavy (non-hydrogen) atoms. The second-order valence-corrected chi connectivity index (χ2v) is 5.07. The molecule has 1 amide bonds. The van der Waals surface area contributed by atoms with Gasteiger partial charge in [-0.3, -0.25) is 4.79 Å². The Bertz CT molecular complexity index is 516. The van der Waals surface area contributed by atoms with Gasteiger partial charge in [0.1, 0.15) is 6.54 Å². The largest absolute Gasteiger partial charge is 1.00 e. The van der Waals surface area contributed by atoms with Gasteiger partial charge < -0.3 is 26.9 Å². The lowest BCUT2D eigenvalue weighted by atomic mass is 10.2. The van der Waals surface area contributed by atoms with Crippen molar-refractivity contribution in [3.05, 3.63) is 49.3 Å². The smallest absolute Gasteiger partial charge is 0.219 e. The summed E-state index contributed by atoms with van der Waals surface area (Å²) in [7, 11) is 0. The molecule has 0 aliphatic rings. The quantitative estimate of drug-likeness (QED) is 0.436. The van der Waals surface area contributed by atoms with E-state index >= 15 is 0 Å². The molecule has 0 fully saturated rings. The summed E-state index contributed by atoms with van der Waals surface area (Å²) in [6, 6.07) is 6.05. The van der Waals surface area contributed by atoms with Gasteiger partial charge in [0.05, 0.1) is 6.33 Å². The van der Waals surface area contributed by atoms with Gasteiger partial charge in [0.15, 0.2) is 12.4 Å². The van der Waals surface area contributed by atoms with Crippen LogP contribution in [0.25, 0.3) is 0 Å². The molecule has 120 valence electrons. The minimum atomic E-state index is 0. The summed E-state index contributed by atoms with van der Waals surface area (Å²) in [5.74, 6) is 0.152. The highest BCUT2D eigenvalue weighted by molar-refractivity contribution is 5.75. The number of amides is 1. The van der Waals surface area contributed by atoms with E-state index in [0.29, 0.717) is 6.42 Å². The van der Waals surface area contributed by atoms with Crippen molar-refractivity contribution in [1.82, 2.24) is 14.9 Å². The van der Waals surface area contributed by atoms with Crippen molar-refractivity contribution in [2.75, 3.05) is 6.54 Å². The summed E-state index contributed by atoms with van der Waals surface area (Å²) >= 11 is 0. The number of hydrogen-bond acceptors (Lipinski definition) is 2. The molecule has 0 bridgehead atoms. The van der Waals surface area contributed by atoms with Gasteiger partial charge in [-0.1, -0.05) is 6.07 Å². The number of carbonyl (C=O) groups excluding carboxylic acids is 1. The van der Waals surface area contributed by atoms with Crippen LogP contribution >= 0.6 is 0 Å². The topological polar surface area (TPSA) is 50.8 Å². The predicted molar refractivity (Wildman–Crippen MR) is 80.3 cm³/mol. The van der Waals surface area contributed by atoms with E-state index in [-0.39, 0.29) is 22.9 Å². The minimum Gasteiger partial charge on any atom is -1.00 e. The number of imidazole rings is 1. The second kappa shape index (κ2) is 11.0. The van der Waals surface area contributed by atoms with E-state index in [2.05, 4.69) is 27.3 Å². The maximum Gasteiger partial charge on any atom is 0.219 e. The van der Waals surface area contributed by atoms with E-state index in [1.54, 1.807) is 12.5 Å². The van der Waals surface area contributed by atoms with E-state index in [9.17, 15) is 4.79 Å². The van der Waals surface area contributed by atoms with Gasteiger partial charge in [-0.05, 0) is 12.8 Å². The molecule has 5 nitrogen and oxygen atoms in total. The van der Waals surface area contributed by atoms with Crippen LogP contribution in [0, 0.1) is 0 Å². The van der Waals surface area contributed by atoms with Crippen LogP contribution in [-0.2, 0) is 17.9 Å². The zero-order valence-corrected chi connectivity index (χ0v) is 14.3. The lowest BCUT2D eigenvalue weighted by Gasteiger charge is -2.05. The van der Waals surface area contributed by atoms with Crippen LogP contribution in [0.3, 0.4) is 0 Å². The number of halogens is 1. The van der Waals surface area contributed by atoms with Crippen LogP contribution in [0.15, 0.2) is 49.3 Å². The van der Waals surface area contributed by atoms with Crippen LogP contribution in [0.1, 0.15) is 25.7 Å². The lowest BCUT2D eigenvalue weighted by molar-refractivity contribution is -0.697. The first-order valence-electron chi connectivity index (χ1n) is 7.51. The average Bonchev–Trinajstić information content (AvgIpc) is 3.02. The highest BCUT2D eigenvalue weighted by Gasteiger charge is 2.03. The number of nitrogens with zero attached hydrogens (tertiary/aromatic N) is 3. The van der Waals surface area contributed by atoms with Crippen molar-refractivity contribution in [3.63, 3.8) is 0 Å². The first kappa shape index (κ1) is 18.4. The third kappa shape index (κ3) is 7.36. The van der Waals surface area contributed by atoms with Crippen molar-refractivity contribution >= 4 is 5.91 Å². The Hall–Kier alpha value is -1.69. The van der Waals surface area contributed by atoms with Gasteiger partial charge in [-0.15, -0.1) is 0 Å². The number of hydrogen-bond donors (Lipinski definition) is 1. The summed E-state index contributed by atoms with van der Waals surface area (Å²) in [6.45, 7) is 2.59. The van der Waals surface area contributed by atoms with Gasteiger partial charge >= 0.3 is 0 Å². The Kier molecular flexibility index (Phi) is 9.14. The molecule has 0 aromatic carbocycles. The molecule has 6 heteroatoms. The van der Waals surface area contributed by atoms with Crippen LogP contribution in [0.5, 0.6) is 0 Å². The van der Waals surface area contributed by atoms with Gasteiger partial charge in [0, 0.05) is 50.5 Å². The van der Waals surface area contributed by atoms with Gasteiger partial charge in [-0.2, -0.15) is 0 Å². The molecule has 0 saturated heterocycles. The van der Waals surface area contributed by atoms with Crippen LogP contribution in [-0.4, -0.2) is 22.0 Å². The third-order valence-corrected chi connectivity index (χ3v) is 3.32. The molecule has 0 unspecified atom stereocenters. The fourth-order valence-electron chi connectivity index (χ4n) is 2.16. The normalized spacial score (nSPS) is 10.0. The van der Waals surface area contributed by atoms with E-state index in [0.717, 1.165) is 38.9 Å². The molecule has 0 saturated carbocycles. The maximum atomic E-state index is 11.7. The Morgan fingerprint density at radius 3 is 2.68 bits per heavy atom. The third-order valence-electron chi connectivity index (χ3n) is 3.32. The fourth-order valence-corrected chi connectivity index (χ4v) is 2.16. The minimum absolute atomic E-state index is 0. The Balaban J connectivity index is 0.00000242. The predicted octanol–water partition coefficient (Wildman–Crippen LogP) is -1.45. The standard InChI is InChI=1S/C16H22N4O.BrH/c21-16(18-8-6-13-20-14-9-17-15-20)7-2-5-12-19-10-3-1-4-11-19;/h1,3-4,9-11,14-15H,2,5-8,12-13H2;1H. The molecule has 1 N–H and O–H groups in total. The SMILES string of the molecule is O=C(CCCC[n+]1ccccc1)NCCCn1ccnc1.[Br-]. The number of nitrogens with one attached hydrogen (secondary N) is 1. The Morgan fingerprint density at radius 2 is 1.95 bits per heavy atom. The molecule has 0 atom stereocenters. The molecule has 0 spiro atoms. The maximum absolute atomic E-state index is 11.7. The average molecular weight is 367 g/mol. The number of rotatable bonds is 9. The highest BCUT2D eigenvalue weighted by Crippen LogP contribution is 1.96. The van der Waals surface area contributed by atoms with Gasteiger partial charge in [0.2, 0.25) is 5.91 Å². The van der Waals surface area contributed by atoms with Crippen LogP contribution < -0.4 is 26.9 Å². The fraction of sp³-hybridized carbons (Fsp3) is 0.438. The molecule has 0 radical (unpaired) electrons. The molecule has 0 aliphatic carbocycles. The van der Waals surface area contributed by atoms with Crippen molar-refractivity contribution in [1.29, 1.82) is 0 Å². The van der Waals surface area contributed by atoms with Crippen LogP contribution in [0.2, 0.25) is 0 Å². The zero-order valence-electron chi connectivity index (χ0n) is 12.7. The number of aryl methyl sites for hydroxylation is 2. The summed E-state index contributed by atoms with van der Waals surface area (Å²) in [5.41, 5.74) is 0. The summed E-state index contributed by atoms with van der Waals surface area (Å²) in [6.07, 6.45) is 13.1.